The molecular weight excluding hydrogens is 211 g/mol. The van der Waals surface area contributed by atoms with Gasteiger partial charge in [-0.05, 0) is 0 Å². The molecule has 13 heavy (non-hydrogen) atoms. The lowest BCUT2D eigenvalue weighted by Gasteiger charge is -2.23. The van der Waals surface area contributed by atoms with Crippen LogP contribution in [0.2, 0.25) is 0 Å². The van der Waals surface area contributed by atoms with Crippen molar-refractivity contribution in [1.82, 2.24) is 4.90 Å². The van der Waals surface area contributed by atoms with Crippen LogP contribution in [0.15, 0.2) is 4.99 Å². The molecule has 1 N–H and O–H groups in total. The molecule has 0 aromatic heterocycles. The van der Waals surface area contributed by atoms with E-state index in [1.807, 2.05) is 0 Å². The second-order valence-corrected chi connectivity index (χ2v) is 3.57. The maximum absolute atomic E-state index is 8.81. The molecule has 0 aromatic rings. The van der Waals surface area contributed by atoms with Crippen molar-refractivity contribution in [2.24, 2.45) is 10.9 Å². The Bertz CT molecular complexity index is 183. The first-order chi connectivity index (χ1) is 6.33. The van der Waals surface area contributed by atoms with E-state index in [1.165, 1.54) is 0 Å². The lowest BCUT2D eigenvalue weighted by molar-refractivity contribution is 0.254. The zero-order valence-electron chi connectivity index (χ0n) is 7.42. The number of aliphatic hydroxyl groups is 1. The number of nitrogens with zero attached hydrogens (tertiary/aromatic N) is 2. The zero-order valence-corrected chi connectivity index (χ0v) is 8.93. The first-order valence-corrected chi connectivity index (χ1v) is 5.42. The summed E-state index contributed by atoms with van der Waals surface area (Å²) >= 11 is 11.5. The van der Waals surface area contributed by atoms with E-state index in [4.69, 9.17) is 28.3 Å². The Morgan fingerprint density at radius 3 is 2.69 bits per heavy atom. The van der Waals surface area contributed by atoms with Crippen LogP contribution in [0.5, 0.6) is 0 Å². The summed E-state index contributed by atoms with van der Waals surface area (Å²) in [5, 5.41) is 8.81. The number of rotatable bonds is 5. The van der Waals surface area contributed by atoms with Crippen molar-refractivity contribution >= 4 is 29.0 Å². The highest BCUT2D eigenvalue weighted by atomic mass is 35.5. The minimum atomic E-state index is 0.123. The van der Waals surface area contributed by atoms with Crippen molar-refractivity contribution in [2.45, 2.75) is 0 Å². The van der Waals surface area contributed by atoms with Crippen LogP contribution < -0.4 is 0 Å². The third kappa shape index (κ3) is 2.73. The van der Waals surface area contributed by atoms with Crippen molar-refractivity contribution in [3.63, 3.8) is 0 Å². The Balaban J connectivity index is 2.55. The topological polar surface area (TPSA) is 35.8 Å². The van der Waals surface area contributed by atoms with Gasteiger partial charge in [0.2, 0.25) is 0 Å². The highest BCUT2D eigenvalue weighted by Gasteiger charge is 2.23. The van der Waals surface area contributed by atoms with E-state index in [0.717, 1.165) is 18.9 Å². The Kier molecular flexibility index (Phi) is 4.84. The van der Waals surface area contributed by atoms with Gasteiger partial charge in [0.25, 0.3) is 0 Å². The lowest BCUT2D eigenvalue weighted by atomic mass is 10.2. The molecule has 1 aliphatic heterocycles. The number of alkyl halides is 2. The van der Waals surface area contributed by atoms with Crippen molar-refractivity contribution < 1.29 is 5.11 Å². The largest absolute Gasteiger partial charge is 0.395 e. The van der Waals surface area contributed by atoms with E-state index in [9.17, 15) is 0 Å². The van der Waals surface area contributed by atoms with Crippen LogP contribution in [-0.2, 0) is 0 Å². The van der Waals surface area contributed by atoms with Crippen LogP contribution in [0.3, 0.4) is 0 Å². The minimum absolute atomic E-state index is 0.123. The van der Waals surface area contributed by atoms with Crippen molar-refractivity contribution in [1.29, 1.82) is 0 Å². The highest BCUT2D eigenvalue weighted by Crippen LogP contribution is 2.13. The first kappa shape index (κ1) is 11.1. The summed E-state index contributed by atoms with van der Waals surface area (Å²) in [4.78, 5) is 6.39. The maximum atomic E-state index is 8.81. The van der Waals surface area contributed by atoms with E-state index in [-0.39, 0.29) is 12.5 Å². The molecule has 0 amide bonds. The Hall–Kier alpha value is 0.01000. The van der Waals surface area contributed by atoms with Gasteiger partial charge in [0.05, 0.1) is 13.2 Å². The summed E-state index contributed by atoms with van der Waals surface area (Å²) in [7, 11) is 0. The van der Waals surface area contributed by atoms with Crippen molar-refractivity contribution in [3.05, 3.63) is 0 Å². The van der Waals surface area contributed by atoms with Crippen LogP contribution in [-0.4, -0.2) is 53.8 Å². The molecule has 0 spiro atoms. The minimum Gasteiger partial charge on any atom is -0.395 e. The van der Waals surface area contributed by atoms with E-state index in [2.05, 4.69) is 9.89 Å². The van der Waals surface area contributed by atoms with E-state index in [0.29, 0.717) is 18.3 Å². The van der Waals surface area contributed by atoms with Gasteiger partial charge in [-0.2, -0.15) is 0 Å². The van der Waals surface area contributed by atoms with Crippen LogP contribution in [0.1, 0.15) is 0 Å². The van der Waals surface area contributed by atoms with E-state index < -0.39 is 0 Å². The molecule has 0 fully saturated rings. The standard InChI is InChI=1S/C8H14Cl2N2O/c9-5-7(6-10)8-11-1-2-12(8)3-4-13/h7,13H,1-6H2. The van der Waals surface area contributed by atoms with Gasteiger partial charge in [0, 0.05) is 30.8 Å². The molecule has 1 aliphatic rings. The van der Waals surface area contributed by atoms with Crippen LogP contribution in [0, 0.1) is 5.92 Å². The first-order valence-electron chi connectivity index (χ1n) is 4.35. The van der Waals surface area contributed by atoms with Gasteiger partial charge in [-0.15, -0.1) is 23.2 Å². The molecule has 3 nitrogen and oxygen atoms in total. The molecule has 0 aromatic carbocycles. The molecule has 0 aliphatic carbocycles. The predicted molar refractivity (Wildman–Crippen MR) is 55.9 cm³/mol. The van der Waals surface area contributed by atoms with Crippen LogP contribution in [0.4, 0.5) is 0 Å². The Morgan fingerprint density at radius 1 is 1.46 bits per heavy atom. The maximum Gasteiger partial charge on any atom is 0.105 e. The van der Waals surface area contributed by atoms with E-state index in [1.54, 1.807) is 0 Å². The smallest absolute Gasteiger partial charge is 0.105 e. The second-order valence-electron chi connectivity index (χ2n) is 2.96. The fourth-order valence-corrected chi connectivity index (χ4v) is 2.02. The molecular formula is C8H14Cl2N2O. The van der Waals surface area contributed by atoms with Gasteiger partial charge >= 0.3 is 0 Å². The number of halogens is 2. The van der Waals surface area contributed by atoms with Gasteiger partial charge in [-0.25, -0.2) is 0 Å². The van der Waals surface area contributed by atoms with Gasteiger partial charge in [0.15, 0.2) is 0 Å². The summed E-state index contributed by atoms with van der Waals surface area (Å²) in [5.74, 6) is 2.06. The highest BCUT2D eigenvalue weighted by molar-refractivity contribution is 6.23. The summed E-state index contributed by atoms with van der Waals surface area (Å²) in [6, 6.07) is 0. The summed E-state index contributed by atoms with van der Waals surface area (Å²) in [6.45, 7) is 2.44. The van der Waals surface area contributed by atoms with Crippen molar-refractivity contribution in [3.8, 4) is 0 Å². The molecule has 0 radical (unpaired) electrons. The number of aliphatic hydroxyl groups excluding tert-OH is 1. The molecule has 0 unspecified atom stereocenters. The van der Waals surface area contributed by atoms with Gasteiger partial charge in [0.1, 0.15) is 5.84 Å². The average Bonchev–Trinajstić information content (AvgIpc) is 2.57. The van der Waals surface area contributed by atoms with Gasteiger partial charge in [-0.3, -0.25) is 4.99 Å². The van der Waals surface area contributed by atoms with E-state index >= 15 is 0 Å². The molecule has 5 heteroatoms. The predicted octanol–water partition coefficient (Wildman–Crippen LogP) is 0.787. The summed E-state index contributed by atoms with van der Waals surface area (Å²) in [6.07, 6.45) is 0. The monoisotopic (exact) mass is 224 g/mol. The van der Waals surface area contributed by atoms with Crippen LogP contribution >= 0.6 is 23.2 Å². The van der Waals surface area contributed by atoms with Crippen molar-refractivity contribution in [2.75, 3.05) is 38.0 Å². The fraction of sp³-hybridized carbons (Fsp3) is 0.875. The summed E-state index contributed by atoms with van der Waals surface area (Å²) < 4.78 is 0. The lowest BCUT2D eigenvalue weighted by Crippen LogP contribution is -2.36. The molecule has 0 atom stereocenters. The van der Waals surface area contributed by atoms with Gasteiger partial charge < -0.3 is 10.0 Å². The van der Waals surface area contributed by atoms with Gasteiger partial charge in [-0.1, -0.05) is 0 Å². The molecule has 0 saturated carbocycles. The second kappa shape index (κ2) is 5.68. The number of aliphatic imine (C=N–C) groups is 1. The molecule has 0 bridgehead atoms. The SMILES string of the molecule is OCCN1CCN=C1C(CCl)CCl. The zero-order chi connectivity index (χ0) is 9.68. The number of hydrogen-bond acceptors (Lipinski definition) is 3. The Morgan fingerprint density at radius 2 is 2.15 bits per heavy atom. The fourth-order valence-electron chi connectivity index (χ4n) is 1.41. The number of β-amino-alcohol motifs (C(OH)–C–C–N with tert-alkyl or cyclic N) is 1. The van der Waals surface area contributed by atoms with Crippen LogP contribution in [0.25, 0.3) is 0 Å². The molecule has 1 rings (SSSR count). The number of amidine groups is 1. The average molecular weight is 225 g/mol. The normalized spacial score (nSPS) is 16.9. The molecule has 1 heterocycles. The Labute approximate surface area is 88.3 Å². The third-order valence-corrected chi connectivity index (χ3v) is 2.82. The number of hydrogen-bond donors (Lipinski definition) is 1. The quantitative estimate of drug-likeness (QED) is 0.702. The molecule has 0 saturated heterocycles. The molecule has 76 valence electrons. The third-order valence-electron chi connectivity index (χ3n) is 2.08. The summed E-state index contributed by atoms with van der Waals surface area (Å²) in [5.41, 5.74) is 0.